The van der Waals surface area contributed by atoms with Crippen LogP contribution in [0.2, 0.25) is 5.02 Å². The predicted octanol–water partition coefficient (Wildman–Crippen LogP) is 2.13. The van der Waals surface area contributed by atoms with Gasteiger partial charge in [-0.3, -0.25) is 0 Å². The third-order valence-electron chi connectivity index (χ3n) is 2.36. The highest BCUT2D eigenvalue weighted by Gasteiger charge is 2.21. The van der Waals surface area contributed by atoms with Crippen molar-refractivity contribution in [1.29, 1.82) is 0 Å². The van der Waals surface area contributed by atoms with Gasteiger partial charge >= 0.3 is 0 Å². The molecule has 2 rings (SSSR count). The average Bonchev–Trinajstić information content (AvgIpc) is 2.19. The zero-order valence-corrected chi connectivity index (χ0v) is 8.67. The molecule has 0 bridgehead atoms. The molecule has 1 aliphatic heterocycles. The normalized spacial score (nSPS) is 19.8. The number of hydrogen-bond donors (Lipinski definition) is 1. The van der Waals surface area contributed by atoms with E-state index in [1.807, 2.05) is 6.07 Å². The molecule has 0 unspecified atom stereocenters. The van der Waals surface area contributed by atoms with Gasteiger partial charge in [-0.15, -0.1) is 0 Å². The molecule has 0 aromatic heterocycles. The number of hydrogen-bond acceptors (Lipinski definition) is 3. The summed E-state index contributed by atoms with van der Waals surface area (Å²) in [6.45, 7) is 0.625. The van der Waals surface area contributed by atoms with Gasteiger partial charge in [-0.25, -0.2) is 0 Å². The smallest absolute Gasteiger partial charge is 0.142 e. The Morgan fingerprint density at radius 1 is 1.57 bits per heavy atom. The number of methoxy groups -OCH3 is 1. The third-order valence-corrected chi connectivity index (χ3v) is 2.64. The second-order valence-corrected chi connectivity index (χ2v) is 3.68. The van der Waals surface area contributed by atoms with Crippen molar-refractivity contribution in [3.63, 3.8) is 0 Å². The highest BCUT2D eigenvalue weighted by Crippen LogP contribution is 2.39. The lowest BCUT2D eigenvalue weighted by Crippen LogP contribution is -2.20. The minimum absolute atomic E-state index is 0.00801. The number of ether oxygens (including phenoxy) is 2. The maximum Gasteiger partial charge on any atom is 0.142 e. The molecule has 0 fully saturated rings. The van der Waals surface area contributed by atoms with Gasteiger partial charge in [0.1, 0.15) is 11.5 Å². The highest BCUT2D eigenvalue weighted by atomic mass is 35.5. The van der Waals surface area contributed by atoms with Crippen LogP contribution in [0.4, 0.5) is 0 Å². The van der Waals surface area contributed by atoms with E-state index in [4.69, 9.17) is 26.8 Å². The summed E-state index contributed by atoms with van der Waals surface area (Å²) in [5, 5.41) is 0.564. The quantitative estimate of drug-likeness (QED) is 0.777. The maximum absolute atomic E-state index is 6.03. The zero-order chi connectivity index (χ0) is 10.1. The molecule has 1 aromatic carbocycles. The minimum atomic E-state index is -0.00801. The molecule has 0 saturated carbocycles. The lowest BCUT2D eigenvalue weighted by molar-refractivity contribution is 0.268. The molecule has 3 nitrogen and oxygen atoms in total. The molecule has 2 N–H and O–H groups in total. The Hall–Kier alpha value is -0.930. The van der Waals surface area contributed by atoms with Gasteiger partial charge in [-0.1, -0.05) is 11.6 Å². The maximum atomic E-state index is 6.03. The van der Waals surface area contributed by atoms with Gasteiger partial charge in [0.2, 0.25) is 0 Å². The van der Waals surface area contributed by atoms with Crippen LogP contribution in [0, 0.1) is 0 Å². The topological polar surface area (TPSA) is 44.5 Å². The monoisotopic (exact) mass is 213 g/mol. The molecule has 1 aromatic rings. The van der Waals surface area contributed by atoms with Crippen LogP contribution in [0.3, 0.4) is 0 Å². The molecular weight excluding hydrogens is 202 g/mol. The van der Waals surface area contributed by atoms with Crippen LogP contribution in [0.15, 0.2) is 12.1 Å². The van der Waals surface area contributed by atoms with E-state index < -0.39 is 0 Å². The van der Waals surface area contributed by atoms with E-state index >= 15 is 0 Å². The summed E-state index contributed by atoms with van der Waals surface area (Å²) in [5.74, 6) is 1.42. The molecule has 0 spiro atoms. The van der Waals surface area contributed by atoms with Gasteiger partial charge < -0.3 is 15.2 Å². The van der Waals surface area contributed by atoms with Crippen LogP contribution >= 0.6 is 11.6 Å². The van der Waals surface area contributed by atoms with Crippen LogP contribution in [0.1, 0.15) is 18.0 Å². The van der Waals surface area contributed by atoms with E-state index in [-0.39, 0.29) is 6.04 Å². The Kier molecular flexibility index (Phi) is 2.52. The number of nitrogens with two attached hydrogens (primary N) is 1. The number of rotatable bonds is 1. The molecule has 1 heterocycles. The van der Waals surface area contributed by atoms with Crippen molar-refractivity contribution in [1.82, 2.24) is 0 Å². The van der Waals surface area contributed by atoms with Crippen LogP contribution in [0.25, 0.3) is 0 Å². The third kappa shape index (κ3) is 1.53. The zero-order valence-electron chi connectivity index (χ0n) is 7.92. The molecule has 0 radical (unpaired) electrons. The Morgan fingerprint density at radius 3 is 3.07 bits per heavy atom. The summed E-state index contributed by atoms with van der Waals surface area (Å²) in [6.07, 6.45) is 0.816. The lowest BCUT2D eigenvalue weighted by atomic mass is 10.0. The number of fused-ring (bicyclic) bond motifs is 1. The predicted molar refractivity (Wildman–Crippen MR) is 55.0 cm³/mol. The minimum Gasteiger partial charge on any atom is -0.497 e. The van der Waals surface area contributed by atoms with Gasteiger partial charge in [0.25, 0.3) is 0 Å². The Morgan fingerprint density at radius 2 is 2.36 bits per heavy atom. The second kappa shape index (κ2) is 3.67. The molecular formula is C10H12ClNO2. The van der Waals surface area contributed by atoms with E-state index in [2.05, 4.69) is 0 Å². The van der Waals surface area contributed by atoms with E-state index in [0.29, 0.717) is 17.4 Å². The van der Waals surface area contributed by atoms with E-state index in [9.17, 15) is 0 Å². The van der Waals surface area contributed by atoms with Crippen molar-refractivity contribution in [3.8, 4) is 11.5 Å². The van der Waals surface area contributed by atoms with Crippen LogP contribution in [-0.4, -0.2) is 13.7 Å². The summed E-state index contributed by atoms with van der Waals surface area (Å²) in [6, 6.07) is 3.61. The van der Waals surface area contributed by atoms with Crippen LogP contribution in [-0.2, 0) is 0 Å². The fourth-order valence-corrected chi connectivity index (χ4v) is 1.85. The average molecular weight is 214 g/mol. The molecule has 14 heavy (non-hydrogen) atoms. The Labute approximate surface area is 87.8 Å². The fourth-order valence-electron chi connectivity index (χ4n) is 1.58. The second-order valence-electron chi connectivity index (χ2n) is 3.27. The largest absolute Gasteiger partial charge is 0.497 e. The highest BCUT2D eigenvalue weighted by molar-refractivity contribution is 6.32. The van der Waals surface area contributed by atoms with Crippen molar-refractivity contribution in [2.24, 2.45) is 5.73 Å². The first-order chi connectivity index (χ1) is 6.72. The molecule has 76 valence electrons. The SMILES string of the molecule is COc1cc(Cl)c2c(c1)[C@H](N)CCO2. The summed E-state index contributed by atoms with van der Waals surface area (Å²) < 4.78 is 10.6. The van der Waals surface area contributed by atoms with Crippen molar-refractivity contribution >= 4 is 11.6 Å². The molecule has 0 saturated heterocycles. The summed E-state index contributed by atoms with van der Waals surface area (Å²) >= 11 is 6.03. The van der Waals surface area contributed by atoms with Crippen molar-refractivity contribution in [2.75, 3.05) is 13.7 Å². The van der Waals surface area contributed by atoms with Gasteiger partial charge in [0.05, 0.1) is 18.7 Å². The molecule has 1 aliphatic rings. The van der Waals surface area contributed by atoms with E-state index in [1.165, 1.54) is 0 Å². The van der Waals surface area contributed by atoms with Gasteiger partial charge in [-0.05, 0) is 6.07 Å². The van der Waals surface area contributed by atoms with Crippen LogP contribution in [0.5, 0.6) is 11.5 Å². The number of benzene rings is 1. The molecule has 4 heteroatoms. The van der Waals surface area contributed by atoms with Gasteiger partial charge in [0, 0.05) is 24.1 Å². The Balaban J connectivity index is 2.51. The first-order valence-electron chi connectivity index (χ1n) is 4.48. The summed E-state index contributed by atoms with van der Waals surface area (Å²) in [5.41, 5.74) is 6.88. The first-order valence-corrected chi connectivity index (χ1v) is 4.86. The summed E-state index contributed by atoms with van der Waals surface area (Å²) in [4.78, 5) is 0. The summed E-state index contributed by atoms with van der Waals surface area (Å²) in [7, 11) is 1.60. The van der Waals surface area contributed by atoms with E-state index in [1.54, 1.807) is 13.2 Å². The number of halogens is 1. The molecule has 0 aliphatic carbocycles. The van der Waals surface area contributed by atoms with Gasteiger partial charge in [0.15, 0.2) is 0 Å². The first kappa shape index (κ1) is 9.62. The van der Waals surface area contributed by atoms with Crippen molar-refractivity contribution < 1.29 is 9.47 Å². The fraction of sp³-hybridized carbons (Fsp3) is 0.400. The standard InChI is InChI=1S/C10H12ClNO2/c1-13-6-4-7-9(12)2-3-14-10(7)8(11)5-6/h4-5,9H,2-3,12H2,1H3/t9-/m1/s1. The Bertz CT molecular complexity index is 354. The van der Waals surface area contributed by atoms with Crippen LogP contribution < -0.4 is 15.2 Å². The van der Waals surface area contributed by atoms with Gasteiger partial charge in [-0.2, -0.15) is 0 Å². The van der Waals surface area contributed by atoms with Crippen molar-refractivity contribution in [3.05, 3.63) is 22.7 Å². The lowest BCUT2D eigenvalue weighted by Gasteiger charge is -2.24. The molecule has 0 amide bonds. The van der Waals surface area contributed by atoms with Crippen molar-refractivity contribution in [2.45, 2.75) is 12.5 Å². The van der Waals surface area contributed by atoms with E-state index in [0.717, 1.165) is 17.7 Å². The molecule has 1 atom stereocenters.